The molecule has 3 rings (SSSR count). The fourth-order valence-electron chi connectivity index (χ4n) is 2.81. The van der Waals surface area contributed by atoms with E-state index in [1.807, 2.05) is 0 Å². The molecule has 1 aromatic carbocycles. The van der Waals surface area contributed by atoms with Gasteiger partial charge in [0.25, 0.3) is 11.2 Å². The van der Waals surface area contributed by atoms with Crippen molar-refractivity contribution in [3.05, 3.63) is 50.9 Å². The van der Waals surface area contributed by atoms with Gasteiger partial charge in [-0.25, -0.2) is 0 Å². The number of aromatic nitrogens is 1. The maximum absolute atomic E-state index is 12.5. The molecule has 1 aliphatic rings. The molecular formula is C15H16N2O4. The average molecular weight is 288 g/mol. The zero-order valence-corrected chi connectivity index (χ0v) is 11.5. The first-order valence-electron chi connectivity index (χ1n) is 7.01. The van der Waals surface area contributed by atoms with Gasteiger partial charge < -0.3 is 9.30 Å². The Morgan fingerprint density at radius 2 is 2.00 bits per heavy atom. The Kier molecular flexibility index (Phi) is 3.70. The summed E-state index contributed by atoms with van der Waals surface area (Å²) >= 11 is 0. The molecule has 1 aliphatic heterocycles. The van der Waals surface area contributed by atoms with Gasteiger partial charge in [0, 0.05) is 32.0 Å². The molecule has 0 spiro atoms. The number of nitrogens with zero attached hydrogens (tertiary/aromatic N) is 2. The number of nitro groups is 1. The molecule has 0 amide bonds. The Bertz CT molecular complexity index is 732. The predicted octanol–water partition coefficient (Wildman–Crippen LogP) is 2.34. The molecule has 1 fully saturated rings. The molecule has 2 heterocycles. The zero-order chi connectivity index (χ0) is 14.8. The molecule has 0 radical (unpaired) electrons. The van der Waals surface area contributed by atoms with Crippen LogP contribution in [0.15, 0.2) is 35.3 Å². The highest BCUT2D eigenvalue weighted by molar-refractivity contribution is 5.89. The van der Waals surface area contributed by atoms with Gasteiger partial charge in [0.1, 0.15) is 0 Å². The van der Waals surface area contributed by atoms with Crippen LogP contribution in [0.25, 0.3) is 10.8 Å². The van der Waals surface area contributed by atoms with E-state index in [4.69, 9.17) is 4.74 Å². The molecular weight excluding hydrogens is 272 g/mol. The van der Waals surface area contributed by atoms with Crippen LogP contribution in [0.4, 0.5) is 5.69 Å². The second kappa shape index (κ2) is 5.65. The number of hydrogen-bond acceptors (Lipinski definition) is 4. The van der Waals surface area contributed by atoms with Gasteiger partial charge in [0.2, 0.25) is 0 Å². The zero-order valence-electron chi connectivity index (χ0n) is 11.5. The third-order valence-electron chi connectivity index (χ3n) is 3.99. The number of fused-ring (bicyclic) bond motifs is 1. The van der Waals surface area contributed by atoms with Crippen LogP contribution >= 0.6 is 0 Å². The van der Waals surface area contributed by atoms with Crippen LogP contribution in [0.5, 0.6) is 0 Å². The largest absolute Gasteiger partial charge is 0.381 e. The van der Waals surface area contributed by atoms with Crippen LogP contribution in [0, 0.1) is 16.0 Å². The lowest BCUT2D eigenvalue weighted by Crippen LogP contribution is -2.27. The number of ether oxygens (including phenoxy) is 1. The molecule has 0 saturated carbocycles. The van der Waals surface area contributed by atoms with Crippen LogP contribution < -0.4 is 5.56 Å². The van der Waals surface area contributed by atoms with E-state index in [9.17, 15) is 14.9 Å². The Labute approximate surface area is 121 Å². The quantitative estimate of drug-likeness (QED) is 0.641. The smallest absolute Gasteiger partial charge is 0.277 e. The van der Waals surface area contributed by atoms with Gasteiger partial charge in [-0.1, -0.05) is 6.07 Å². The summed E-state index contributed by atoms with van der Waals surface area (Å²) in [6, 6.07) is 6.28. The maximum atomic E-state index is 12.5. The SMILES string of the molecule is O=c1c2cccc([N+](=O)[O-])c2ccn1CC1CCOCC1. The standard InChI is InChI=1S/C15H16N2O4/c18-15-13-2-1-3-14(17(19)20)12(13)4-7-16(15)10-11-5-8-21-9-6-11/h1-4,7,11H,5-6,8-10H2. The van der Waals surface area contributed by atoms with Crippen LogP contribution in [0.2, 0.25) is 0 Å². The summed E-state index contributed by atoms with van der Waals surface area (Å²) in [5, 5.41) is 11.8. The number of benzene rings is 1. The number of pyridine rings is 1. The molecule has 0 bridgehead atoms. The number of rotatable bonds is 3. The Morgan fingerprint density at radius 3 is 2.71 bits per heavy atom. The topological polar surface area (TPSA) is 74.4 Å². The van der Waals surface area contributed by atoms with Crippen LogP contribution in [-0.2, 0) is 11.3 Å². The fourth-order valence-corrected chi connectivity index (χ4v) is 2.81. The second-order valence-electron chi connectivity index (χ2n) is 5.32. The van der Waals surface area contributed by atoms with Gasteiger partial charge in [0.05, 0.1) is 15.7 Å². The first-order chi connectivity index (χ1) is 10.2. The molecule has 6 nitrogen and oxygen atoms in total. The van der Waals surface area contributed by atoms with E-state index in [0.29, 0.717) is 23.2 Å². The summed E-state index contributed by atoms with van der Waals surface area (Å²) in [7, 11) is 0. The lowest BCUT2D eigenvalue weighted by molar-refractivity contribution is -0.383. The first-order valence-corrected chi connectivity index (χ1v) is 7.01. The summed E-state index contributed by atoms with van der Waals surface area (Å²) in [5.74, 6) is 0.424. The van der Waals surface area contributed by atoms with Gasteiger partial charge in [-0.3, -0.25) is 14.9 Å². The van der Waals surface area contributed by atoms with E-state index >= 15 is 0 Å². The van der Waals surface area contributed by atoms with Crippen LogP contribution in [0.1, 0.15) is 12.8 Å². The molecule has 2 aromatic rings. The van der Waals surface area contributed by atoms with Gasteiger partial charge in [0.15, 0.2) is 0 Å². The molecule has 0 atom stereocenters. The van der Waals surface area contributed by atoms with E-state index in [-0.39, 0.29) is 11.2 Å². The lowest BCUT2D eigenvalue weighted by Gasteiger charge is -2.22. The minimum absolute atomic E-state index is 0.0252. The monoisotopic (exact) mass is 288 g/mol. The first kappa shape index (κ1) is 13.8. The van der Waals surface area contributed by atoms with Crippen LogP contribution in [-0.4, -0.2) is 22.7 Å². The van der Waals surface area contributed by atoms with Crippen molar-refractivity contribution in [2.75, 3.05) is 13.2 Å². The van der Waals surface area contributed by atoms with E-state index in [1.54, 1.807) is 29.0 Å². The summed E-state index contributed by atoms with van der Waals surface area (Å²) in [6.07, 6.45) is 3.55. The van der Waals surface area contributed by atoms with Crippen LogP contribution in [0.3, 0.4) is 0 Å². The lowest BCUT2D eigenvalue weighted by atomic mass is 10.00. The maximum Gasteiger partial charge on any atom is 0.277 e. The van der Waals surface area contributed by atoms with Crippen molar-refractivity contribution < 1.29 is 9.66 Å². The van der Waals surface area contributed by atoms with E-state index in [1.165, 1.54) is 6.07 Å². The van der Waals surface area contributed by atoms with Crippen molar-refractivity contribution in [2.24, 2.45) is 5.92 Å². The minimum atomic E-state index is -0.454. The molecule has 21 heavy (non-hydrogen) atoms. The molecule has 0 N–H and O–H groups in total. The summed E-state index contributed by atoms with van der Waals surface area (Å²) < 4.78 is 6.97. The van der Waals surface area contributed by atoms with Crippen molar-refractivity contribution in [3.8, 4) is 0 Å². The minimum Gasteiger partial charge on any atom is -0.381 e. The normalized spacial score (nSPS) is 16.2. The van der Waals surface area contributed by atoms with Crippen molar-refractivity contribution in [3.63, 3.8) is 0 Å². The third-order valence-corrected chi connectivity index (χ3v) is 3.99. The van der Waals surface area contributed by atoms with Gasteiger partial charge in [-0.15, -0.1) is 0 Å². The molecule has 110 valence electrons. The molecule has 1 saturated heterocycles. The summed E-state index contributed by atoms with van der Waals surface area (Å²) in [6.45, 7) is 2.11. The molecule has 6 heteroatoms. The number of non-ortho nitro benzene ring substituents is 1. The fraction of sp³-hybridized carbons (Fsp3) is 0.400. The Hall–Kier alpha value is -2.21. The van der Waals surface area contributed by atoms with E-state index < -0.39 is 4.92 Å². The molecule has 0 aliphatic carbocycles. The van der Waals surface area contributed by atoms with Crippen molar-refractivity contribution in [2.45, 2.75) is 19.4 Å². The highest BCUT2D eigenvalue weighted by Crippen LogP contribution is 2.23. The van der Waals surface area contributed by atoms with Gasteiger partial charge in [-0.05, 0) is 30.9 Å². The van der Waals surface area contributed by atoms with Gasteiger partial charge >= 0.3 is 0 Å². The Morgan fingerprint density at radius 1 is 1.24 bits per heavy atom. The highest BCUT2D eigenvalue weighted by atomic mass is 16.6. The van der Waals surface area contributed by atoms with Gasteiger partial charge in [-0.2, -0.15) is 0 Å². The van der Waals surface area contributed by atoms with Crippen molar-refractivity contribution in [1.82, 2.24) is 4.57 Å². The van der Waals surface area contributed by atoms with E-state index in [2.05, 4.69) is 0 Å². The summed E-state index contributed by atoms with van der Waals surface area (Å²) in [5.41, 5.74) is -0.189. The van der Waals surface area contributed by atoms with Crippen molar-refractivity contribution in [1.29, 1.82) is 0 Å². The van der Waals surface area contributed by atoms with Crippen molar-refractivity contribution >= 4 is 16.5 Å². The summed E-state index contributed by atoms with van der Waals surface area (Å²) in [4.78, 5) is 23.0. The van der Waals surface area contributed by atoms with E-state index in [0.717, 1.165) is 26.1 Å². The number of hydrogen-bond donors (Lipinski definition) is 0. The molecule has 1 aromatic heterocycles. The average Bonchev–Trinajstić information content (AvgIpc) is 2.50. The molecule has 0 unspecified atom stereocenters. The second-order valence-corrected chi connectivity index (χ2v) is 5.32. The number of nitro benzene ring substituents is 1. The Balaban J connectivity index is 2.00. The third kappa shape index (κ3) is 2.67. The predicted molar refractivity (Wildman–Crippen MR) is 78.4 cm³/mol. The highest BCUT2D eigenvalue weighted by Gasteiger charge is 2.17.